The highest BCUT2D eigenvalue weighted by atomic mass is 16.3. The van der Waals surface area contributed by atoms with E-state index in [1.54, 1.807) is 0 Å². The first-order chi connectivity index (χ1) is 24.1. The molecule has 0 aliphatic heterocycles. The Morgan fingerprint density at radius 1 is 0.490 bits per heavy atom. The molecule has 6 aromatic rings. The molecular weight excluding hydrogens is 621 g/mol. The van der Waals surface area contributed by atoms with Gasteiger partial charge in [-0.3, -0.25) is 0 Å². The van der Waals surface area contributed by atoms with Gasteiger partial charge in [0.05, 0.1) is 11.1 Å². The summed E-state index contributed by atoms with van der Waals surface area (Å²) in [6, 6.07) is 36.4. The Morgan fingerprint density at radius 3 is 1.59 bits per heavy atom. The second kappa shape index (κ2) is 11.5. The van der Waals surface area contributed by atoms with Crippen LogP contribution in [0.15, 0.2) is 101 Å². The number of fused-ring (bicyclic) bond motifs is 5. The number of hydrogen-bond acceptors (Lipinski definition) is 3. The lowest BCUT2D eigenvalue weighted by molar-refractivity contribution is 0.332. The van der Waals surface area contributed by atoms with Gasteiger partial charge < -0.3 is 14.2 Å². The van der Waals surface area contributed by atoms with Crippen molar-refractivity contribution in [2.75, 3.05) is 16.8 Å². The van der Waals surface area contributed by atoms with Crippen molar-refractivity contribution in [2.24, 2.45) is 0 Å². The first-order valence-corrected chi connectivity index (χ1v) is 18.9. The van der Waals surface area contributed by atoms with E-state index in [4.69, 9.17) is 4.42 Å². The van der Waals surface area contributed by atoms with Crippen LogP contribution in [-0.2, 0) is 21.7 Å². The first-order valence-electron chi connectivity index (χ1n) is 18.9. The fourth-order valence-electron chi connectivity index (χ4n) is 9.12. The highest BCUT2D eigenvalue weighted by Gasteiger charge is 2.39. The van der Waals surface area contributed by atoms with Crippen molar-refractivity contribution in [1.29, 1.82) is 0 Å². The summed E-state index contributed by atoms with van der Waals surface area (Å²) in [5.41, 5.74) is 15.4. The summed E-state index contributed by atoms with van der Waals surface area (Å²) < 4.78 is 6.30. The number of rotatable bonds is 5. The SMILES string of the molecule is Cc1cc(N(C)c2cccc3oc4ccccc4c23)cc(N(c2ccc3c(c2)C(C)(C)CCC3(C)C)c2ccc3c(c2)C(C)(C)CCC3(C)C)c1. The predicted molar refractivity (Wildman–Crippen MR) is 218 cm³/mol. The third kappa shape index (κ3) is 5.55. The molecule has 0 saturated carbocycles. The van der Waals surface area contributed by atoms with Crippen molar-refractivity contribution in [1.82, 2.24) is 0 Å². The van der Waals surface area contributed by atoms with Gasteiger partial charge in [-0.05, 0) is 143 Å². The number of benzene rings is 5. The molecule has 2 aliphatic rings. The largest absolute Gasteiger partial charge is 0.456 e. The molecule has 0 unspecified atom stereocenters. The smallest absolute Gasteiger partial charge is 0.137 e. The van der Waals surface area contributed by atoms with Gasteiger partial charge in [-0.2, -0.15) is 0 Å². The Morgan fingerprint density at radius 2 is 1.00 bits per heavy atom. The molecule has 5 aromatic carbocycles. The molecule has 1 heterocycles. The molecule has 51 heavy (non-hydrogen) atoms. The minimum Gasteiger partial charge on any atom is -0.456 e. The van der Waals surface area contributed by atoms with Crippen LogP contribution in [0.4, 0.5) is 28.4 Å². The van der Waals surface area contributed by atoms with E-state index < -0.39 is 0 Å². The zero-order valence-corrected chi connectivity index (χ0v) is 32.4. The molecule has 0 saturated heterocycles. The average molecular weight is 675 g/mol. The highest BCUT2D eigenvalue weighted by Crippen LogP contribution is 2.51. The van der Waals surface area contributed by atoms with Crippen LogP contribution in [0, 0.1) is 6.92 Å². The van der Waals surface area contributed by atoms with Gasteiger partial charge >= 0.3 is 0 Å². The van der Waals surface area contributed by atoms with Gasteiger partial charge in [-0.1, -0.05) is 91.8 Å². The Kier molecular flexibility index (Phi) is 7.59. The Hall–Kier alpha value is -4.50. The maximum atomic E-state index is 6.30. The quantitative estimate of drug-likeness (QED) is 0.181. The zero-order valence-electron chi connectivity index (χ0n) is 32.4. The summed E-state index contributed by atoms with van der Waals surface area (Å²) in [7, 11) is 2.19. The summed E-state index contributed by atoms with van der Waals surface area (Å²) in [6.45, 7) is 21.6. The molecule has 0 fully saturated rings. The Labute approximate surface area is 305 Å². The lowest BCUT2D eigenvalue weighted by Gasteiger charge is -2.43. The molecule has 0 bridgehead atoms. The van der Waals surface area contributed by atoms with Crippen LogP contribution in [0.2, 0.25) is 0 Å². The van der Waals surface area contributed by atoms with Crippen LogP contribution in [0.5, 0.6) is 0 Å². The van der Waals surface area contributed by atoms with Crippen molar-refractivity contribution in [3.63, 3.8) is 0 Å². The van der Waals surface area contributed by atoms with E-state index in [0.717, 1.165) is 33.3 Å². The van der Waals surface area contributed by atoms with E-state index in [0.29, 0.717) is 0 Å². The molecule has 0 spiro atoms. The Balaban J connectivity index is 1.33. The van der Waals surface area contributed by atoms with E-state index in [9.17, 15) is 0 Å². The monoisotopic (exact) mass is 674 g/mol. The molecule has 0 N–H and O–H groups in total. The molecular formula is C48H54N2O. The van der Waals surface area contributed by atoms with Gasteiger partial charge in [-0.25, -0.2) is 0 Å². The van der Waals surface area contributed by atoms with E-state index in [1.807, 2.05) is 6.07 Å². The van der Waals surface area contributed by atoms with Crippen LogP contribution in [0.25, 0.3) is 21.9 Å². The normalized spacial score (nSPS) is 18.3. The van der Waals surface area contributed by atoms with Crippen molar-refractivity contribution < 1.29 is 4.42 Å². The number of para-hydroxylation sites is 1. The number of furan rings is 1. The molecule has 8 rings (SSSR count). The third-order valence-corrected chi connectivity index (χ3v) is 12.6. The summed E-state index contributed by atoms with van der Waals surface area (Å²) in [5.74, 6) is 0. The van der Waals surface area contributed by atoms with Crippen LogP contribution >= 0.6 is 0 Å². The fraction of sp³-hybridized carbons (Fsp3) is 0.375. The van der Waals surface area contributed by atoms with Gasteiger partial charge in [0.15, 0.2) is 0 Å². The average Bonchev–Trinajstić information content (AvgIpc) is 3.48. The fourth-order valence-corrected chi connectivity index (χ4v) is 9.12. The van der Waals surface area contributed by atoms with Crippen LogP contribution in [0.1, 0.15) is 109 Å². The lowest BCUT2D eigenvalue weighted by atomic mass is 9.63. The van der Waals surface area contributed by atoms with E-state index in [1.165, 1.54) is 70.6 Å². The summed E-state index contributed by atoms with van der Waals surface area (Å²) in [5, 5.41) is 2.29. The van der Waals surface area contributed by atoms with Crippen molar-refractivity contribution in [3.8, 4) is 0 Å². The number of nitrogens with zero attached hydrogens (tertiary/aromatic N) is 2. The summed E-state index contributed by atoms with van der Waals surface area (Å²) >= 11 is 0. The molecule has 262 valence electrons. The minimum absolute atomic E-state index is 0.110. The molecule has 3 nitrogen and oxygen atoms in total. The second-order valence-corrected chi connectivity index (χ2v) is 18.2. The lowest BCUT2D eigenvalue weighted by Crippen LogP contribution is -2.34. The topological polar surface area (TPSA) is 19.6 Å². The maximum absolute atomic E-state index is 6.30. The van der Waals surface area contributed by atoms with Crippen LogP contribution < -0.4 is 9.80 Å². The van der Waals surface area contributed by atoms with Gasteiger partial charge in [0, 0.05) is 35.2 Å². The molecule has 1 aromatic heterocycles. The van der Waals surface area contributed by atoms with Gasteiger partial charge in [0.2, 0.25) is 0 Å². The summed E-state index contributed by atoms with van der Waals surface area (Å²) in [4.78, 5) is 4.85. The van der Waals surface area contributed by atoms with Crippen LogP contribution in [0.3, 0.4) is 0 Å². The predicted octanol–water partition coefficient (Wildman–Crippen LogP) is 13.8. The molecule has 0 radical (unpaired) electrons. The summed E-state index contributed by atoms with van der Waals surface area (Å²) in [6.07, 6.45) is 4.79. The molecule has 0 atom stereocenters. The van der Waals surface area contributed by atoms with Gasteiger partial charge in [-0.15, -0.1) is 0 Å². The second-order valence-electron chi connectivity index (χ2n) is 18.2. The minimum atomic E-state index is 0.110. The van der Waals surface area contributed by atoms with E-state index in [-0.39, 0.29) is 21.7 Å². The van der Waals surface area contributed by atoms with Crippen molar-refractivity contribution >= 4 is 50.4 Å². The number of anilines is 5. The molecule has 2 aliphatic carbocycles. The number of aryl methyl sites for hydroxylation is 1. The van der Waals surface area contributed by atoms with Gasteiger partial charge in [0.1, 0.15) is 11.2 Å². The van der Waals surface area contributed by atoms with E-state index in [2.05, 4.69) is 170 Å². The number of hydrogen-bond donors (Lipinski definition) is 0. The van der Waals surface area contributed by atoms with Crippen molar-refractivity contribution in [2.45, 2.75) is 110 Å². The third-order valence-electron chi connectivity index (χ3n) is 12.6. The molecule has 3 heteroatoms. The van der Waals surface area contributed by atoms with E-state index >= 15 is 0 Å². The molecule has 0 amide bonds. The standard InChI is InChI=1S/C48H54N2O/c1-31-26-34(49(10)41-15-13-17-43-44(41)36-14-11-12-16-42(36)51-43)28-35(27-31)50(32-18-20-37-39(29-32)47(6,7)24-22-45(37,2)3)33-19-21-38-40(30-33)48(8,9)25-23-46(38,4)5/h11-21,26-30H,22-25H2,1-10H3. The maximum Gasteiger partial charge on any atom is 0.137 e. The van der Waals surface area contributed by atoms with Crippen molar-refractivity contribution in [3.05, 3.63) is 125 Å². The Bertz CT molecular complexity index is 2240. The van der Waals surface area contributed by atoms with Gasteiger partial charge in [0.25, 0.3) is 0 Å². The van der Waals surface area contributed by atoms with Crippen LogP contribution in [-0.4, -0.2) is 7.05 Å². The highest BCUT2D eigenvalue weighted by molar-refractivity contribution is 6.12. The first kappa shape index (κ1) is 33.6. The zero-order chi connectivity index (χ0) is 36.1.